The standard InChI is InChI=1S/C13H19Cl2NO/c1-10(2)17-5-3-4-16-9-11-6-12(14)8-13(15)7-11/h6-8,10,16H,3-5,9H2,1-2H3. The van der Waals surface area contributed by atoms with Gasteiger partial charge in [-0.3, -0.25) is 0 Å². The van der Waals surface area contributed by atoms with Gasteiger partial charge in [0, 0.05) is 23.2 Å². The van der Waals surface area contributed by atoms with Crippen LogP contribution in [-0.4, -0.2) is 19.3 Å². The predicted octanol–water partition coefficient (Wildman–Crippen LogP) is 3.90. The lowest BCUT2D eigenvalue weighted by atomic mass is 10.2. The van der Waals surface area contributed by atoms with Crippen LogP contribution in [0.2, 0.25) is 10.0 Å². The smallest absolute Gasteiger partial charge is 0.0518 e. The predicted molar refractivity (Wildman–Crippen MR) is 73.9 cm³/mol. The van der Waals surface area contributed by atoms with Crippen LogP contribution in [0.5, 0.6) is 0 Å². The number of hydrogen-bond acceptors (Lipinski definition) is 2. The summed E-state index contributed by atoms with van der Waals surface area (Å²) in [6.45, 7) is 6.59. The van der Waals surface area contributed by atoms with Gasteiger partial charge in [0.2, 0.25) is 0 Å². The Labute approximate surface area is 113 Å². The van der Waals surface area contributed by atoms with E-state index in [1.807, 2.05) is 26.0 Å². The Kier molecular flexibility index (Phi) is 6.90. The Bertz CT molecular complexity index is 322. The summed E-state index contributed by atoms with van der Waals surface area (Å²) in [5.41, 5.74) is 1.10. The van der Waals surface area contributed by atoms with Gasteiger partial charge in [-0.1, -0.05) is 23.2 Å². The average molecular weight is 276 g/mol. The highest BCUT2D eigenvalue weighted by molar-refractivity contribution is 6.34. The Morgan fingerprint density at radius 1 is 1.18 bits per heavy atom. The topological polar surface area (TPSA) is 21.3 Å². The van der Waals surface area contributed by atoms with E-state index in [1.165, 1.54) is 0 Å². The van der Waals surface area contributed by atoms with Crippen molar-refractivity contribution in [3.63, 3.8) is 0 Å². The largest absolute Gasteiger partial charge is 0.379 e. The van der Waals surface area contributed by atoms with E-state index in [0.717, 1.165) is 31.7 Å². The first-order chi connectivity index (χ1) is 8.08. The molecule has 2 nitrogen and oxygen atoms in total. The maximum atomic E-state index is 5.92. The highest BCUT2D eigenvalue weighted by atomic mass is 35.5. The second kappa shape index (κ2) is 7.93. The highest BCUT2D eigenvalue weighted by Gasteiger charge is 1.98. The third kappa shape index (κ3) is 6.89. The molecule has 0 bridgehead atoms. The fourth-order valence-electron chi connectivity index (χ4n) is 1.46. The van der Waals surface area contributed by atoms with Gasteiger partial charge in [0.05, 0.1) is 6.10 Å². The van der Waals surface area contributed by atoms with Crippen LogP contribution >= 0.6 is 23.2 Å². The molecule has 0 atom stereocenters. The van der Waals surface area contributed by atoms with Crippen molar-refractivity contribution < 1.29 is 4.74 Å². The molecule has 0 aromatic heterocycles. The van der Waals surface area contributed by atoms with Gasteiger partial charge in [0.1, 0.15) is 0 Å². The zero-order valence-corrected chi connectivity index (χ0v) is 11.8. The number of hydrogen-bond donors (Lipinski definition) is 1. The molecule has 0 saturated heterocycles. The van der Waals surface area contributed by atoms with Gasteiger partial charge in [0.25, 0.3) is 0 Å². The van der Waals surface area contributed by atoms with Crippen LogP contribution in [0.1, 0.15) is 25.8 Å². The Hall–Kier alpha value is -0.280. The normalized spacial score (nSPS) is 11.1. The maximum Gasteiger partial charge on any atom is 0.0518 e. The first-order valence-corrected chi connectivity index (χ1v) is 6.61. The Morgan fingerprint density at radius 3 is 2.41 bits per heavy atom. The van der Waals surface area contributed by atoms with E-state index < -0.39 is 0 Å². The lowest BCUT2D eigenvalue weighted by molar-refractivity contribution is 0.0770. The lowest BCUT2D eigenvalue weighted by Gasteiger charge is -2.08. The van der Waals surface area contributed by atoms with Gasteiger partial charge >= 0.3 is 0 Å². The quantitative estimate of drug-likeness (QED) is 0.763. The van der Waals surface area contributed by atoms with E-state index in [1.54, 1.807) is 6.07 Å². The molecule has 96 valence electrons. The van der Waals surface area contributed by atoms with Gasteiger partial charge in [0.15, 0.2) is 0 Å². The van der Waals surface area contributed by atoms with E-state index >= 15 is 0 Å². The van der Waals surface area contributed by atoms with Crippen molar-refractivity contribution in [2.75, 3.05) is 13.2 Å². The van der Waals surface area contributed by atoms with Gasteiger partial charge < -0.3 is 10.1 Å². The van der Waals surface area contributed by atoms with E-state index in [9.17, 15) is 0 Å². The van der Waals surface area contributed by atoms with Crippen molar-refractivity contribution in [2.45, 2.75) is 32.9 Å². The minimum Gasteiger partial charge on any atom is -0.379 e. The molecule has 0 aliphatic heterocycles. The molecule has 1 aromatic rings. The monoisotopic (exact) mass is 275 g/mol. The molecule has 0 fully saturated rings. The van der Waals surface area contributed by atoms with Crippen molar-refractivity contribution in [3.8, 4) is 0 Å². The molecule has 0 aliphatic rings. The van der Waals surface area contributed by atoms with Crippen molar-refractivity contribution in [2.24, 2.45) is 0 Å². The summed E-state index contributed by atoms with van der Waals surface area (Å²) in [6, 6.07) is 5.58. The summed E-state index contributed by atoms with van der Waals surface area (Å²) < 4.78 is 5.45. The summed E-state index contributed by atoms with van der Waals surface area (Å²) in [4.78, 5) is 0. The molecule has 0 radical (unpaired) electrons. The van der Waals surface area contributed by atoms with Crippen molar-refractivity contribution in [1.29, 1.82) is 0 Å². The molecular formula is C13H19Cl2NO. The van der Waals surface area contributed by atoms with E-state index in [0.29, 0.717) is 16.1 Å². The SMILES string of the molecule is CC(C)OCCCNCc1cc(Cl)cc(Cl)c1. The van der Waals surface area contributed by atoms with Gasteiger partial charge in [-0.25, -0.2) is 0 Å². The molecule has 17 heavy (non-hydrogen) atoms. The Balaban J connectivity index is 2.18. The highest BCUT2D eigenvalue weighted by Crippen LogP contribution is 2.18. The summed E-state index contributed by atoms with van der Waals surface area (Å²) >= 11 is 11.8. The maximum absolute atomic E-state index is 5.92. The average Bonchev–Trinajstić information content (AvgIpc) is 2.21. The molecule has 0 spiro atoms. The van der Waals surface area contributed by atoms with Gasteiger partial charge in [-0.05, 0) is 50.6 Å². The van der Waals surface area contributed by atoms with Gasteiger partial charge in [-0.2, -0.15) is 0 Å². The molecular weight excluding hydrogens is 257 g/mol. The summed E-state index contributed by atoms with van der Waals surface area (Å²) in [7, 11) is 0. The van der Waals surface area contributed by atoms with Crippen LogP contribution in [0.25, 0.3) is 0 Å². The van der Waals surface area contributed by atoms with Gasteiger partial charge in [-0.15, -0.1) is 0 Å². The zero-order chi connectivity index (χ0) is 12.7. The Morgan fingerprint density at radius 2 is 1.82 bits per heavy atom. The molecule has 4 heteroatoms. The number of rotatable bonds is 7. The fourth-order valence-corrected chi connectivity index (χ4v) is 2.03. The van der Waals surface area contributed by atoms with Crippen molar-refractivity contribution >= 4 is 23.2 Å². The van der Waals surface area contributed by atoms with Crippen LogP contribution in [0.3, 0.4) is 0 Å². The molecule has 0 saturated carbocycles. The second-order valence-corrected chi connectivity index (χ2v) is 5.10. The van der Waals surface area contributed by atoms with E-state index in [4.69, 9.17) is 27.9 Å². The van der Waals surface area contributed by atoms with Crippen LogP contribution < -0.4 is 5.32 Å². The van der Waals surface area contributed by atoms with Crippen LogP contribution in [0.4, 0.5) is 0 Å². The minimum absolute atomic E-state index is 0.307. The van der Waals surface area contributed by atoms with Crippen LogP contribution in [0, 0.1) is 0 Å². The number of benzene rings is 1. The lowest BCUT2D eigenvalue weighted by Crippen LogP contribution is -2.17. The van der Waals surface area contributed by atoms with Crippen LogP contribution in [-0.2, 0) is 11.3 Å². The summed E-state index contributed by atoms with van der Waals surface area (Å²) in [5.74, 6) is 0. The van der Waals surface area contributed by atoms with Crippen molar-refractivity contribution in [1.82, 2.24) is 5.32 Å². The second-order valence-electron chi connectivity index (χ2n) is 4.23. The number of ether oxygens (including phenoxy) is 1. The van der Waals surface area contributed by atoms with E-state index in [-0.39, 0.29) is 0 Å². The first-order valence-electron chi connectivity index (χ1n) is 5.85. The summed E-state index contributed by atoms with van der Waals surface area (Å²) in [5, 5.41) is 4.69. The molecule has 0 heterocycles. The molecule has 0 aliphatic carbocycles. The number of nitrogens with one attached hydrogen (secondary N) is 1. The number of halogens is 2. The molecule has 1 rings (SSSR count). The first kappa shape index (κ1) is 14.8. The third-order valence-electron chi connectivity index (χ3n) is 2.20. The van der Waals surface area contributed by atoms with E-state index in [2.05, 4.69) is 5.32 Å². The minimum atomic E-state index is 0.307. The van der Waals surface area contributed by atoms with Crippen LogP contribution in [0.15, 0.2) is 18.2 Å². The molecule has 1 N–H and O–H groups in total. The molecule has 1 aromatic carbocycles. The molecule has 0 amide bonds. The molecule has 0 unspecified atom stereocenters. The van der Waals surface area contributed by atoms with Crippen molar-refractivity contribution in [3.05, 3.63) is 33.8 Å². The third-order valence-corrected chi connectivity index (χ3v) is 2.64. The fraction of sp³-hybridized carbons (Fsp3) is 0.538. The zero-order valence-electron chi connectivity index (χ0n) is 10.3. The summed E-state index contributed by atoms with van der Waals surface area (Å²) in [6.07, 6.45) is 1.31.